The van der Waals surface area contributed by atoms with E-state index >= 15 is 0 Å². The van der Waals surface area contributed by atoms with Crippen LogP contribution in [-0.4, -0.2) is 5.97 Å². The molecule has 1 fully saturated rings. The van der Waals surface area contributed by atoms with E-state index in [1.165, 1.54) is 25.3 Å². The number of carbonyl (C=O) groups excluding carboxylic acids is 1. The van der Waals surface area contributed by atoms with E-state index in [0.29, 0.717) is 23.7 Å². The first-order valence-corrected chi connectivity index (χ1v) is 6.02. The molecule has 2 nitrogen and oxygen atoms in total. The van der Waals surface area contributed by atoms with Crippen LogP contribution in [0.5, 0.6) is 0 Å². The Labute approximate surface area is 95.7 Å². The third-order valence-corrected chi connectivity index (χ3v) is 4.19. The Morgan fingerprint density at radius 2 is 2.44 bits per heavy atom. The van der Waals surface area contributed by atoms with Gasteiger partial charge < -0.3 is 4.74 Å². The van der Waals surface area contributed by atoms with Gasteiger partial charge in [-0.15, -0.1) is 0 Å². The molecule has 4 atom stereocenters. The van der Waals surface area contributed by atoms with Gasteiger partial charge in [0.1, 0.15) is 5.76 Å². The molecule has 0 aromatic carbocycles. The van der Waals surface area contributed by atoms with E-state index in [2.05, 4.69) is 24.8 Å². The van der Waals surface area contributed by atoms with Crippen molar-refractivity contribution in [2.24, 2.45) is 23.7 Å². The summed E-state index contributed by atoms with van der Waals surface area (Å²) in [5.74, 6) is 3.06. The predicted molar refractivity (Wildman–Crippen MR) is 61.3 cm³/mol. The number of hydrogen-bond acceptors (Lipinski definition) is 2. The molecule has 0 amide bonds. The Bertz CT molecular complexity index is 392. The van der Waals surface area contributed by atoms with Crippen LogP contribution >= 0.6 is 0 Å². The molecule has 0 aromatic rings. The number of fused-ring (bicyclic) bond motifs is 5. The van der Waals surface area contributed by atoms with Gasteiger partial charge in [-0.25, -0.2) is 4.79 Å². The van der Waals surface area contributed by atoms with Gasteiger partial charge >= 0.3 is 5.97 Å². The number of allylic oxidation sites excluding steroid dienone is 4. The third-order valence-electron chi connectivity index (χ3n) is 4.19. The van der Waals surface area contributed by atoms with Crippen molar-refractivity contribution in [1.29, 1.82) is 0 Å². The van der Waals surface area contributed by atoms with Crippen LogP contribution in [0.15, 0.2) is 36.6 Å². The van der Waals surface area contributed by atoms with Crippen LogP contribution in [0.25, 0.3) is 0 Å². The van der Waals surface area contributed by atoms with Gasteiger partial charge in [0.2, 0.25) is 0 Å². The van der Waals surface area contributed by atoms with Gasteiger partial charge in [-0.05, 0) is 43.1 Å². The second-order valence-electron chi connectivity index (χ2n) is 4.95. The SMILES string of the molecule is C=CC(=O)OC1=CC2CC1C1CCC=CC21. The fraction of sp³-hybridized carbons (Fsp3) is 0.500. The summed E-state index contributed by atoms with van der Waals surface area (Å²) in [5.41, 5.74) is 0. The molecule has 3 aliphatic rings. The third kappa shape index (κ3) is 1.36. The van der Waals surface area contributed by atoms with Crippen LogP contribution in [0, 0.1) is 23.7 Å². The van der Waals surface area contributed by atoms with Crippen molar-refractivity contribution >= 4 is 5.97 Å². The molecule has 0 radical (unpaired) electrons. The minimum Gasteiger partial charge on any atom is -0.428 e. The zero-order valence-electron chi connectivity index (χ0n) is 9.26. The Balaban J connectivity index is 1.80. The summed E-state index contributed by atoms with van der Waals surface area (Å²) in [7, 11) is 0. The van der Waals surface area contributed by atoms with E-state index < -0.39 is 0 Å². The van der Waals surface area contributed by atoms with Crippen LogP contribution in [0.4, 0.5) is 0 Å². The van der Waals surface area contributed by atoms with Crippen molar-refractivity contribution in [2.75, 3.05) is 0 Å². The summed E-state index contributed by atoms with van der Waals surface area (Å²) in [6, 6.07) is 0. The zero-order chi connectivity index (χ0) is 11.1. The van der Waals surface area contributed by atoms with Crippen LogP contribution in [-0.2, 0) is 9.53 Å². The summed E-state index contributed by atoms with van der Waals surface area (Å²) in [6.07, 6.45) is 11.6. The summed E-state index contributed by atoms with van der Waals surface area (Å²) in [4.78, 5) is 11.2. The van der Waals surface area contributed by atoms with Crippen molar-refractivity contribution in [3.8, 4) is 0 Å². The maximum Gasteiger partial charge on any atom is 0.335 e. The van der Waals surface area contributed by atoms with Crippen molar-refractivity contribution in [3.05, 3.63) is 36.6 Å². The predicted octanol–water partition coefficient (Wildman–Crippen LogP) is 2.83. The summed E-state index contributed by atoms with van der Waals surface area (Å²) < 4.78 is 5.32. The van der Waals surface area contributed by atoms with E-state index in [1.807, 2.05) is 0 Å². The number of ether oxygens (including phenoxy) is 1. The smallest absolute Gasteiger partial charge is 0.335 e. The molecule has 2 bridgehead atoms. The molecule has 0 saturated heterocycles. The zero-order valence-corrected chi connectivity index (χ0v) is 9.26. The molecule has 0 heterocycles. The monoisotopic (exact) mass is 216 g/mol. The Morgan fingerprint density at radius 3 is 3.25 bits per heavy atom. The fourth-order valence-corrected chi connectivity index (χ4v) is 3.54. The molecule has 0 spiro atoms. The van der Waals surface area contributed by atoms with Gasteiger partial charge in [0.25, 0.3) is 0 Å². The molecule has 2 heteroatoms. The molecule has 16 heavy (non-hydrogen) atoms. The maximum absolute atomic E-state index is 11.2. The van der Waals surface area contributed by atoms with Crippen molar-refractivity contribution in [3.63, 3.8) is 0 Å². The average Bonchev–Trinajstić information content (AvgIpc) is 2.87. The topological polar surface area (TPSA) is 26.3 Å². The second-order valence-corrected chi connectivity index (χ2v) is 4.95. The molecule has 0 N–H and O–H groups in total. The molecule has 0 aliphatic heterocycles. The van der Waals surface area contributed by atoms with Crippen LogP contribution in [0.1, 0.15) is 19.3 Å². The lowest BCUT2D eigenvalue weighted by Gasteiger charge is -2.30. The van der Waals surface area contributed by atoms with Gasteiger partial charge in [-0.1, -0.05) is 18.7 Å². The standard InChI is InChI=1S/C14H16O2/c1-2-14(15)16-13-8-9-7-12(13)11-6-4-3-5-10(9)11/h2-3,5,8-12H,1,4,6-7H2. The number of carbonyl (C=O) groups is 1. The Morgan fingerprint density at radius 1 is 1.56 bits per heavy atom. The highest BCUT2D eigenvalue weighted by molar-refractivity contribution is 5.82. The normalized spacial score (nSPS) is 39.1. The van der Waals surface area contributed by atoms with Crippen molar-refractivity contribution in [1.82, 2.24) is 0 Å². The van der Waals surface area contributed by atoms with Crippen molar-refractivity contribution < 1.29 is 9.53 Å². The molecule has 4 unspecified atom stereocenters. The average molecular weight is 216 g/mol. The first-order valence-electron chi connectivity index (χ1n) is 6.02. The van der Waals surface area contributed by atoms with Gasteiger partial charge in [-0.3, -0.25) is 0 Å². The largest absolute Gasteiger partial charge is 0.428 e. The minimum atomic E-state index is -0.318. The lowest BCUT2D eigenvalue weighted by Crippen LogP contribution is -2.24. The van der Waals surface area contributed by atoms with E-state index in [1.54, 1.807) is 0 Å². The number of rotatable bonds is 2. The summed E-state index contributed by atoms with van der Waals surface area (Å²) in [6.45, 7) is 3.43. The first kappa shape index (κ1) is 9.88. The summed E-state index contributed by atoms with van der Waals surface area (Å²) >= 11 is 0. The maximum atomic E-state index is 11.2. The minimum absolute atomic E-state index is 0.318. The van der Waals surface area contributed by atoms with Crippen LogP contribution in [0.3, 0.4) is 0 Å². The molecule has 1 saturated carbocycles. The summed E-state index contributed by atoms with van der Waals surface area (Å²) in [5, 5.41) is 0. The Hall–Kier alpha value is -1.31. The fourth-order valence-electron chi connectivity index (χ4n) is 3.54. The second kappa shape index (κ2) is 3.62. The Kier molecular flexibility index (Phi) is 2.23. The molecule has 3 rings (SSSR count). The molecular formula is C14H16O2. The lowest BCUT2D eigenvalue weighted by atomic mass is 9.76. The van der Waals surface area contributed by atoms with Gasteiger partial charge in [0.05, 0.1) is 0 Å². The van der Waals surface area contributed by atoms with E-state index in [9.17, 15) is 4.79 Å². The van der Waals surface area contributed by atoms with E-state index in [0.717, 1.165) is 5.76 Å². The first-order chi connectivity index (χ1) is 7.79. The highest BCUT2D eigenvalue weighted by Crippen LogP contribution is 2.55. The molecular weight excluding hydrogens is 200 g/mol. The quantitative estimate of drug-likeness (QED) is 0.403. The highest BCUT2D eigenvalue weighted by Gasteiger charge is 2.48. The lowest BCUT2D eigenvalue weighted by molar-refractivity contribution is -0.134. The molecule has 3 aliphatic carbocycles. The van der Waals surface area contributed by atoms with E-state index in [4.69, 9.17) is 4.74 Å². The van der Waals surface area contributed by atoms with E-state index in [-0.39, 0.29) is 5.97 Å². The van der Waals surface area contributed by atoms with Crippen LogP contribution in [0.2, 0.25) is 0 Å². The number of hydrogen-bond donors (Lipinski definition) is 0. The molecule has 0 aromatic heterocycles. The highest BCUT2D eigenvalue weighted by atomic mass is 16.5. The van der Waals surface area contributed by atoms with Gasteiger partial charge in [0, 0.05) is 12.0 Å². The number of esters is 1. The van der Waals surface area contributed by atoms with Crippen molar-refractivity contribution in [2.45, 2.75) is 19.3 Å². The molecule has 84 valence electrons. The van der Waals surface area contributed by atoms with Crippen LogP contribution < -0.4 is 0 Å². The van der Waals surface area contributed by atoms with Gasteiger partial charge in [0.15, 0.2) is 0 Å². The van der Waals surface area contributed by atoms with Gasteiger partial charge in [-0.2, -0.15) is 0 Å².